The number of fused-ring (bicyclic) bond motifs is 6. The minimum atomic E-state index is -0.715. The van der Waals surface area contributed by atoms with Crippen LogP contribution in [-0.4, -0.2) is 38.7 Å². The van der Waals surface area contributed by atoms with E-state index in [2.05, 4.69) is 198 Å². The Balaban J connectivity index is 0.00000462. The summed E-state index contributed by atoms with van der Waals surface area (Å²) in [4.78, 5) is 10.9. The zero-order valence-electron chi connectivity index (χ0n) is 35.1. The molecule has 0 amide bonds. The second kappa shape index (κ2) is 14.3. The number of benzene rings is 4. The van der Waals surface area contributed by atoms with Gasteiger partial charge in [-0.05, 0) is 84.6 Å². The van der Waals surface area contributed by atoms with E-state index in [-0.39, 0.29) is 31.3 Å². The molecule has 0 atom stereocenters. The molecule has 0 N–H and O–H groups in total. The first-order valence-electron chi connectivity index (χ1n) is 20.3. The molecule has 0 saturated heterocycles. The molecule has 0 spiro atoms. The van der Waals surface area contributed by atoms with E-state index in [1.165, 1.54) is 21.5 Å². The summed E-state index contributed by atoms with van der Waals surface area (Å²) in [5, 5.41) is 14.8. The van der Waals surface area contributed by atoms with Crippen molar-refractivity contribution >= 4 is 43.6 Å². The molecular weight excluding hydrogens is 831 g/mol. The van der Waals surface area contributed by atoms with Gasteiger partial charge in [0.25, 0.3) is 0 Å². The average molecular weight is 877 g/mol. The van der Waals surface area contributed by atoms with Gasteiger partial charge in [-0.15, -0.1) is 12.1 Å². The van der Waals surface area contributed by atoms with Crippen molar-refractivity contribution in [1.82, 2.24) is 38.7 Å². The van der Waals surface area contributed by atoms with Crippen molar-refractivity contribution < 1.29 is 20.4 Å². The van der Waals surface area contributed by atoms with Crippen molar-refractivity contribution in [2.24, 2.45) is 0 Å². The maximum atomic E-state index is 5.43. The fraction of sp³-hybridized carbons (Fsp3) is 0.216. The van der Waals surface area contributed by atoms with Crippen LogP contribution < -0.4 is 0 Å². The van der Waals surface area contributed by atoms with Crippen molar-refractivity contribution in [2.75, 3.05) is 0 Å². The molecule has 4 aromatic carbocycles. The SMILES string of the molecule is CC(C)(C)c1c[c-]n(-c2cc(-n3c4ccccc4c4ccccc43)cc(C(C)(C)c3cc(-n4c5ccccc5c5ccccc54)cc(-n4[c-]cc(C(C)(C)C)n4)n3)n2)n1.[Pd+2]. The van der Waals surface area contributed by atoms with E-state index < -0.39 is 5.41 Å². The van der Waals surface area contributed by atoms with Gasteiger partial charge in [0.15, 0.2) is 0 Å². The predicted molar refractivity (Wildman–Crippen MR) is 239 cm³/mol. The Bertz CT molecular complexity index is 2910. The smallest absolute Gasteiger partial charge is 0.343 e. The molecule has 0 unspecified atom stereocenters. The van der Waals surface area contributed by atoms with E-state index in [9.17, 15) is 0 Å². The Morgan fingerprint density at radius 2 is 0.733 bits per heavy atom. The number of nitrogens with zero attached hydrogens (tertiary/aromatic N) is 8. The van der Waals surface area contributed by atoms with Gasteiger partial charge in [0.05, 0.1) is 33.7 Å². The molecule has 0 aliphatic heterocycles. The van der Waals surface area contributed by atoms with E-state index in [0.29, 0.717) is 11.6 Å². The molecular formula is C51H46N8Pd. The molecule has 300 valence electrons. The first-order valence-corrected chi connectivity index (χ1v) is 20.3. The van der Waals surface area contributed by atoms with Crippen molar-refractivity contribution in [3.63, 3.8) is 0 Å². The van der Waals surface area contributed by atoms with Crippen molar-refractivity contribution in [3.8, 4) is 23.0 Å². The van der Waals surface area contributed by atoms with Crippen LogP contribution in [0.2, 0.25) is 0 Å². The molecule has 6 aromatic heterocycles. The normalized spacial score (nSPS) is 12.5. The fourth-order valence-electron chi connectivity index (χ4n) is 8.20. The third kappa shape index (κ3) is 6.48. The molecule has 10 aromatic rings. The van der Waals surface area contributed by atoms with Crippen LogP contribution in [0.15, 0.2) is 133 Å². The number of pyridine rings is 2. The van der Waals surface area contributed by atoms with Crippen molar-refractivity contribution in [3.05, 3.63) is 169 Å². The van der Waals surface area contributed by atoms with Crippen molar-refractivity contribution in [1.29, 1.82) is 0 Å². The molecule has 60 heavy (non-hydrogen) atoms. The summed E-state index contributed by atoms with van der Waals surface area (Å²) in [5.41, 5.74) is 8.96. The van der Waals surface area contributed by atoms with Gasteiger partial charge in [0.2, 0.25) is 0 Å². The largest absolute Gasteiger partial charge is 2.00 e. The molecule has 0 aliphatic rings. The van der Waals surface area contributed by atoms with Crippen LogP contribution in [0, 0.1) is 12.4 Å². The molecule has 6 heterocycles. The number of aromatic nitrogens is 8. The first-order chi connectivity index (χ1) is 28.3. The second-order valence-electron chi connectivity index (χ2n) is 18.1. The van der Waals surface area contributed by atoms with E-state index in [1.54, 1.807) is 9.36 Å². The van der Waals surface area contributed by atoms with Gasteiger partial charge in [0, 0.05) is 49.7 Å². The molecule has 0 fully saturated rings. The van der Waals surface area contributed by atoms with E-state index in [1.807, 2.05) is 12.1 Å². The van der Waals surface area contributed by atoms with Crippen LogP contribution in [0.25, 0.3) is 66.6 Å². The number of hydrogen-bond acceptors (Lipinski definition) is 4. The van der Waals surface area contributed by atoms with Crippen LogP contribution in [0.5, 0.6) is 0 Å². The van der Waals surface area contributed by atoms with Gasteiger partial charge in [-0.1, -0.05) is 127 Å². The molecule has 8 nitrogen and oxygen atoms in total. The Labute approximate surface area is 364 Å². The van der Waals surface area contributed by atoms with Crippen molar-refractivity contribution in [2.45, 2.75) is 71.6 Å². The van der Waals surface area contributed by atoms with Gasteiger partial charge in [-0.3, -0.25) is 20.2 Å². The fourth-order valence-corrected chi connectivity index (χ4v) is 8.20. The molecule has 0 bridgehead atoms. The Morgan fingerprint density at radius 1 is 0.417 bits per heavy atom. The summed E-state index contributed by atoms with van der Waals surface area (Å²) in [6.07, 6.45) is 6.80. The third-order valence-corrected chi connectivity index (χ3v) is 11.6. The van der Waals surface area contributed by atoms with Crippen LogP contribution in [0.1, 0.15) is 78.2 Å². The number of para-hydroxylation sites is 4. The van der Waals surface area contributed by atoms with Crippen LogP contribution >= 0.6 is 0 Å². The van der Waals surface area contributed by atoms with Crippen LogP contribution in [0.4, 0.5) is 0 Å². The maximum Gasteiger partial charge on any atom is 2.00 e. The first kappa shape index (κ1) is 39.3. The Morgan fingerprint density at radius 3 is 1.03 bits per heavy atom. The molecule has 9 heteroatoms. The minimum absolute atomic E-state index is 0. The van der Waals surface area contributed by atoms with Crippen LogP contribution in [0.3, 0.4) is 0 Å². The predicted octanol–water partition coefficient (Wildman–Crippen LogP) is 11.6. The molecule has 0 saturated carbocycles. The van der Waals surface area contributed by atoms with Crippen LogP contribution in [-0.2, 0) is 36.7 Å². The summed E-state index contributed by atoms with van der Waals surface area (Å²) in [5.74, 6) is 1.36. The quantitative estimate of drug-likeness (QED) is 0.123. The van der Waals surface area contributed by atoms with E-state index in [4.69, 9.17) is 20.2 Å². The Hall–Kier alpha value is -6.14. The zero-order valence-corrected chi connectivity index (χ0v) is 36.7. The maximum absolute atomic E-state index is 5.43. The van der Waals surface area contributed by atoms with Gasteiger partial charge in [0.1, 0.15) is 0 Å². The summed E-state index contributed by atoms with van der Waals surface area (Å²) in [7, 11) is 0. The minimum Gasteiger partial charge on any atom is -0.343 e. The number of hydrogen-bond donors (Lipinski definition) is 0. The summed E-state index contributed by atoms with van der Waals surface area (Å²) in [6.45, 7) is 17.4. The van der Waals surface area contributed by atoms with Gasteiger partial charge in [-0.25, -0.2) is 0 Å². The molecule has 10 rings (SSSR count). The summed E-state index contributed by atoms with van der Waals surface area (Å²) in [6, 6.07) is 47.0. The Kier molecular flexibility index (Phi) is 9.35. The monoisotopic (exact) mass is 876 g/mol. The second-order valence-corrected chi connectivity index (χ2v) is 18.1. The van der Waals surface area contributed by atoms with E-state index >= 15 is 0 Å². The summed E-state index contributed by atoms with van der Waals surface area (Å²) >= 11 is 0. The number of rotatable bonds is 6. The summed E-state index contributed by atoms with van der Waals surface area (Å²) < 4.78 is 8.25. The van der Waals surface area contributed by atoms with Gasteiger partial charge < -0.3 is 18.5 Å². The molecule has 0 aliphatic carbocycles. The topological polar surface area (TPSA) is 71.3 Å². The molecule has 0 radical (unpaired) electrons. The standard InChI is InChI=1S/C51H46N8.Pd/c1-49(2,3)43-25-27-56(54-43)47-31-33(58-39-21-13-9-17-35(39)36-18-10-14-22-40(36)58)29-45(52-47)51(7,8)46-30-34(32-48(53-46)57-28-26-44(55-57)50(4,5)6)59-41-23-15-11-19-37(41)38-20-12-16-24-42(38)59;/h9-26,29-32H,1-8H3;/q-2;+2. The van der Waals surface area contributed by atoms with Gasteiger partial charge in [-0.2, -0.15) is 0 Å². The average Bonchev–Trinajstić information content (AvgIpc) is 4.04. The zero-order chi connectivity index (χ0) is 40.8. The third-order valence-electron chi connectivity index (χ3n) is 11.6. The van der Waals surface area contributed by atoms with E-state index in [0.717, 1.165) is 56.2 Å². The van der Waals surface area contributed by atoms with Gasteiger partial charge >= 0.3 is 20.4 Å².